The second kappa shape index (κ2) is 6.16. The minimum absolute atomic E-state index is 0.300. The Balaban J connectivity index is 1.89. The van der Waals surface area contributed by atoms with Crippen molar-refractivity contribution in [3.05, 3.63) is 65.4 Å². The lowest BCUT2D eigenvalue weighted by Crippen LogP contribution is -2.03. The number of fused-ring (bicyclic) bond motifs is 1. The van der Waals surface area contributed by atoms with Crippen LogP contribution in [-0.4, -0.2) is 15.6 Å². The number of aryl methyl sites for hydroxylation is 2. The number of anilines is 1. The highest BCUT2D eigenvalue weighted by molar-refractivity contribution is 5.89. The first-order valence-corrected chi connectivity index (χ1v) is 7.74. The van der Waals surface area contributed by atoms with E-state index in [1.807, 2.05) is 25.1 Å². The van der Waals surface area contributed by atoms with Gasteiger partial charge in [0.05, 0.1) is 5.56 Å². The van der Waals surface area contributed by atoms with Gasteiger partial charge in [0.25, 0.3) is 0 Å². The molecule has 2 N–H and O–H groups in total. The van der Waals surface area contributed by atoms with E-state index in [0.29, 0.717) is 12.1 Å². The summed E-state index contributed by atoms with van der Waals surface area (Å²) in [6.07, 6.45) is 2.16. The molecule has 0 aliphatic rings. The van der Waals surface area contributed by atoms with Crippen LogP contribution in [0.1, 0.15) is 28.4 Å². The lowest BCUT2D eigenvalue weighted by atomic mass is 10.1. The van der Waals surface area contributed by atoms with Crippen molar-refractivity contribution in [1.29, 1.82) is 0 Å². The summed E-state index contributed by atoms with van der Waals surface area (Å²) in [5.41, 5.74) is 4.63. The number of carboxylic acids is 1. The highest BCUT2D eigenvalue weighted by atomic mass is 16.4. The molecule has 0 atom stereocenters. The SMILES string of the molecule is CCn1cc(CNc2cc(C(=O)O)ccc2C)c2ccccc21. The van der Waals surface area contributed by atoms with E-state index in [9.17, 15) is 4.79 Å². The molecule has 0 bridgehead atoms. The molecule has 4 heteroatoms. The molecule has 3 aromatic rings. The molecule has 0 aliphatic carbocycles. The zero-order valence-electron chi connectivity index (χ0n) is 13.3. The quantitative estimate of drug-likeness (QED) is 0.739. The normalized spacial score (nSPS) is 10.9. The van der Waals surface area contributed by atoms with Crippen molar-refractivity contribution in [2.45, 2.75) is 26.9 Å². The smallest absolute Gasteiger partial charge is 0.335 e. The van der Waals surface area contributed by atoms with Crippen molar-refractivity contribution in [3.8, 4) is 0 Å². The fourth-order valence-corrected chi connectivity index (χ4v) is 2.86. The number of rotatable bonds is 5. The molecule has 1 aromatic heterocycles. The molecule has 1 heterocycles. The van der Waals surface area contributed by atoms with Crippen LogP contribution in [-0.2, 0) is 13.1 Å². The van der Waals surface area contributed by atoms with Crippen LogP contribution in [0.3, 0.4) is 0 Å². The predicted molar refractivity (Wildman–Crippen MR) is 93.1 cm³/mol. The Labute approximate surface area is 135 Å². The molecule has 23 heavy (non-hydrogen) atoms. The number of hydrogen-bond donors (Lipinski definition) is 2. The summed E-state index contributed by atoms with van der Waals surface area (Å²) >= 11 is 0. The summed E-state index contributed by atoms with van der Waals surface area (Å²) in [5, 5.41) is 13.7. The number of benzene rings is 2. The molecule has 4 nitrogen and oxygen atoms in total. The standard InChI is InChI=1S/C19H20N2O2/c1-3-21-12-15(16-6-4-5-7-18(16)21)11-20-17-10-14(19(22)23)9-8-13(17)2/h4-10,12,20H,3,11H2,1-2H3,(H,22,23). The molecule has 0 fully saturated rings. The summed E-state index contributed by atoms with van der Waals surface area (Å²) in [6.45, 7) is 5.69. The van der Waals surface area contributed by atoms with Gasteiger partial charge in [-0.05, 0) is 43.2 Å². The van der Waals surface area contributed by atoms with Gasteiger partial charge in [-0.15, -0.1) is 0 Å². The molecule has 0 amide bonds. The summed E-state index contributed by atoms with van der Waals surface area (Å²) in [4.78, 5) is 11.1. The van der Waals surface area contributed by atoms with E-state index in [4.69, 9.17) is 5.11 Å². The molecule has 3 rings (SSSR count). The average molecular weight is 308 g/mol. The maximum Gasteiger partial charge on any atom is 0.335 e. The van der Waals surface area contributed by atoms with Gasteiger partial charge in [0.2, 0.25) is 0 Å². The van der Waals surface area contributed by atoms with Crippen LogP contribution < -0.4 is 5.32 Å². The van der Waals surface area contributed by atoms with Crippen LogP contribution in [0.4, 0.5) is 5.69 Å². The predicted octanol–water partition coefficient (Wildman–Crippen LogP) is 4.28. The van der Waals surface area contributed by atoms with Crippen LogP contribution in [0.5, 0.6) is 0 Å². The Morgan fingerprint density at radius 3 is 2.74 bits per heavy atom. The second-order valence-electron chi connectivity index (χ2n) is 5.65. The Morgan fingerprint density at radius 1 is 1.22 bits per heavy atom. The highest BCUT2D eigenvalue weighted by Gasteiger charge is 2.09. The molecule has 118 valence electrons. The third-order valence-electron chi connectivity index (χ3n) is 4.17. The molecule has 2 aromatic carbocycles. The highest BCUT2D eigenvalue weighted by Crippen LogP contribution is 2.24. The Kier molecular flexibility index (Phi) is 4.06. The zero-order valence-corrected chi connectivity index (χ0v) is 13.3. The van der Waals surface area contributed by atoms with E-state index in [1.165, 1.54) is 16.5 Å². The van der Waals surface area contributed by atoms with Gasteiger partial charge < -0.3 is 15.0 Å². The second-order valence-corrected chi connectivity index (χ2v) is 5.65. The van der Waals surface area contributed by atoms with E-state index in [1.54, 1.807) is 12.1 Å². The topological polar surface area (TPSA) is 54.3 Å². The number of nitrogens with one attached hydrogen (secondary N) is 1. The average Bonchev–Trinajstić information content (AvgIpc) is 2.92. The van der Waals surface area contributed by atoms with E-state index in [2.05, 4.69) is 35.1 Å². The van der Waals surface area contributed by atoms with Gasteiger partial charge in [-0.1, -0.05) is 24.3 Å². The first kappa shape index (κ1) is 15.2. The lowest BCUT2D eigenvalue weighted by molar-refractivity contribution is 0.0697. The largest absolute Gasteiger partial charge is 0.478 e. The van der Waals surface area contributed by atoms with Gasteiger partial charge in [0.15, 0.2) is 0 Å². The van der Waals surface area contributed by atoms with Crippen LogP contribution in [0, 0.1) is 6.92 Å². The van der Waals surface area contributed by atoms with Gasteiger partial charge in [-0.2, -0.15) is 0 Å². The van der Waals surface area contributed by atoms with Gasteiger partial charge in [-0.25, -0.2) is 4.79 Å². The molecule has 0 spiro atoms. The van der Waals surface area contributed by atoms with Crippen molar-refractivity contribution in [2.24, 2.45) is 0 Å². The van der Waals surface area contributed by atoms with E-state index >= 15 is 0 Å². The molecule has 0 saturated carbocycles. The van der Waals surface area contributed by atoms with E-state index in [-0.39, 0.29) is 0 Å². The van der Waals surface area contributed by atoms with Crippen molar-refractivity contribution >= 4 is 22.6 Å². The van der Waals surface area contributed by atoms with Crippen molar-refractivity contribution in [3.63, 3.8) is 0 Å². The van der Waals surface area contributed by atoms with E-state index in [0.717, 1.165) is 17.8 Å². The Morgan fingerprint density at radius 2 is 2.00 bits per heavy atom. The number of nitrogens with zero attached hydrogens (tertiary/aromatic N) is 1. The zero-order chi connectivity index (χ0) is 16.4. The van der Waals surface area contributed by atoms with Crippen molar-refractivity contribution < 1.29 is 9.90 Å². The van der Waals surface area contributed by atoms with Gasteiger partial charge in [-0.3, -0.25) is 0 Å². The summed E-state index contributed by atoms with van der Waals surface area (Å²) in [5.74, 6) is -0.907. The third-order valence-corrected chi connectivity index (χ3v) is 4.17. The maximum absolute atomic E-state index is 11.1. The van der Waals surface area contributed by atoms with Crippen LogP contribution in [0.15, 0.2) is 48.7 Å². The molecule has 0 aliphatic heterocycles. The Bertz CT molecular complexity index is 865. The van der Waals surface area contributed by atoms with Crippen molar-refractivity contribution in [2.75, 3.05) is 5.32 Å². The first-order valence-electron chi connectivity index (χ1n) is 7.74. The summed E-state index contributed by atoms with van der Waals surface area (Å²) in [7, 11) is 0. The molecule has 0 radical (unpaired) electrons. The minimum atomic E-state index is -0.907. The summed E-state index contributed by atoms with van der Waals surface area (Å²) < 4.78 is 2.23. The first-order chi connectivity index (χ1) is 11.1. The van der Waals surface area contributed by atoms with Gasteiger partial charge in [0.1, 0.15) is 0 Å². The van der Waals surface area contributed by atoms with Crippen LogP contribution in [0.2, 0.25) is 0 Å². The number of carboxylic acid groups (broad SMARTS) is 1. The monoisotopic (exact) mass is 308 g/mol. The number of aromatic nitrogens is 1. The van der Waals surface area contributed by atoms with Gasteiger partial charge in [0, 0.05) is 35.9 Å². The van der Waals surface area contributed by atoms with Gasteiger partial charge >= 0.3 is 5.97 Å². The Hall–Kier alpha value is -2.75. The van der Waals surface area contributed by atoms with Crippen molar-refractivity contribution in [1.82, 2.24) is 4.57 Å². The molecular formula is C19H20N2O2. The molecular weight excluding hydrogens is 288 g/mol. The fourth-order valence-electron chi connectivity index (χ4n) is 2.86. The van der Waals surface area contributed by atoms with Crippen LogP contribution in [0.25, 0.3) is 10.9 Å². The maximum atomic E-state index is 11.1. The number of para-hydroxylation sites is 1. The van der Waals surface area contributed by atoms with Crippen LogP contribution >= 0.6 is 0 Å². The third kappa shape index (κ3) is 2.93. The molecule has 0 saturated heterocycles. The number of hydrogen-bond acceptors (Lipinski definition) is 2. The summed E-state index contributed by atoms with van der Waals surface area (Å²) in [6, 6.07) is 13.5. The molecule has 0 unspecified atom stereocenters. The number of aromatic carboxylic acids is 1. The van der Waals surface area contributed by atoms with E-state index < -0.39 is 5.97 Å². The minimum Gasteiger partial charge on any atom is -0.478 e. The number of carbonyl (C=O) groups is 1. The fraction of sp³-hybridized carbons (Fsp3) is 0.211. The lowest BCUT2D eigenvalue weighted by Gasteiger charge is -2.10.